The average Bonchev–Trinajstić information content (AvgIpc) is 3.03. The van der Waals surface area contributed by atoms with Crippen molar-refractivity contribution in [2.45, 2.75) is 45.1 Å². The van der Waals surface area contributed by atoms with Crippen LogP contribution in [0.15, 0.2) is 59.8 Å². The molecule has 1 heterocycles. The van der Waals surface area contributed by atoms with Crippen LogP contribution in [0.2, 0.25) is 0 Å². The zero-order valence-electron chi connectivity index (χ0n) is 14.5. The van der Waals surface area contributed by atoms with Crippen molar-refractivity contribution < 1.29 is 9.63 Å². The molecule has 0 aliphatic carbocycles. The Morgan fingerprint density at radius 2 is 1.75 bits per heavy atom. The van der Waals surface area contributed by atoms with Gasteiger partial charge < -0.3 is 4.84 Å². The molecule has 1 aliphatic heterocycles. The third-order valence-electron chi connectivity index (χ3n) is 4.31. The second-order valence-electron chi connectivity index (χ2n) is 7.32. The lowest BCUT2D eigenvalue weighted by molar-refractivity contribution is 0.0858. The number of Topliss-reactive ketones (excluding diaryl/α,β-unsaturated/α-hetero) is 1. The van der Waals surface area contributed by atoms with E-state index in [-0.39, 0.29) is 17.3 Å². The first-order valence-corrected chi connectivity index (χ1v) is 8.35. The summed E-state index contributed by atoms with van der Waals surface area (Å²) in [5, 5.41) is 4.03. The summed E-state index contributed by atoms with van der Waals surface area (Å²) in [6.45, 7) is 6.48. The van der Waals surface area contributed by atoms with E-state index in [1.165, 1.54) is 11.1 Å². The van der Waals surface area contributed by atoms with E-state index < -0.39 is 0 Å². The monoisotopic (exact) mass is 321 g/mol. The van der Waals surface area contributed by atoms with E-state index in [0.717, 1.165) is 6.42 Å². The first kappa shape index (κ1) is 16.4. The molecule has 0 aromatic heterocycles. The predicted molar refractivity (Wildman–Crippen MR) is 96.5 cm³/mol. The molecule has 3 heteroatoms. The van der Waals surface area contributed by atoms with Gasteiger partial charge in [0.2, 0.25) is 5.78 Å². The summed E-state index contributed by atoms with van der Waals surface area (Å²) in [7, 11) is 0. The second-order valence-corrected chi connectivity index (χ2v) is 7.32. The minimum absolute atomic E-state index is 0.0361. The standard InChI is InChI=1S/C21H23NO2/c1-21(2,3)17-11-9-16(10-12-17)20(23)19-14-18(24-22-19)13-15-7-5-4-6-8-15/h4-12,18H,13-14H2,1-3H3. The van der Waals surface area contributed by atoms with Crippen molar-refractivity contribution in [3.8, 4) is 0 Å². The van der Waals surface area contributed by atoms with Gasteiger partial charge in [0.05, 0.1) is 0 Å². The minimum atomic E-state index is -0.0554. The lowest BCUT2D eigenvalue weighted by Gasteiger charge is -2.18. The molecular formula is C21H23NO2. The van der Waals surface area contributed by atoms with Crippen molar-refractivity contribution in [2.75, 3.05) is 0 Å². The van der Waals surface area contributed by atoms with Crippen molar-refractivity contribution in [1.82, 2.24) is 0 Å². The van der Waals surface area contributed by atoms with Crippen molar-refractivity contribution in [2.24, 2.45) is 5.16 Å². The van der Waals surface area contributed by atoms with Crippen molar-refractivity contribution in [1.29, 1.82) is 0 Å². The van der Waals surface area contributed by atoms with Gasteiger partial charge in [0.15, 0.2) is 0 Å². The summed E-state index contributed by atoms with van der Waals surface area (Å²) in [6, 6.07) is 17.9. The summed E-state index contributed by atoms with van der Waals surface area (Å²) < 4.78 is 0. The fraction of sp³-hybridized carbons (Fsp3) is 0.333. The van der Waals surface area contributed by atoms with Gasteiger partial charge >= 0.3 is 0 Å². The van der Waals surface area contributed by atoms with Gasteiger partial charge in [-0.3, -0.25) is 4.79 Å². The van der Waals surface area contributed by atoms with E-state index >= 15 is 0 Å². The molecule has 1 aliphatic rings. The molecule has 0 spiro atoms. The van der Waals surface area contributed by atoms with Crippen molar-refractivity contribution >= 4 is 11.5 Å². The Hall–Kier alpha value is -2.42. The predicted octanol–water partition coefficient (Wildman–Crippen LogP) is 4.55. The summed E-state index contributed by atoms with van der Waals surface area (Å²) in [4.78, 5) is 18.1. The SMILES string of the molecule is CC(C)(C)c1ccc(C(=O)C2=NOC(Cc3ccccc3)C2)cc1. The maximum Gasteiger partial charge on any atom is 0.210 e. The van der Waals surface area contributed by atoms with Gasteiger partial charge in [-0.25, -0.2) is 0 Å². The van der Waals surface area contributed by atoms with Crippen LogP contribution in [-0.2, 0) is 16.7 Å². The number of benzene rings is 2. The molecule has 2 aromatic rings. The molecule has 0 amide bonds. The van der Waals surface area contributed by atoms with Gasteiger partial charge in [-0.1, -0.05) is 80.5 Å². The molecule has 0 bridgehead atoms. The number of hydrogen-bond acceptors (Lipinski definition) is 3. The summed E-state index contributed by atoms with van der Waals surface area (Å²) in [5.41, 5.74) is 3.67. The summed E-state index contributed by atoms with van der Waals surface area (Å²) in [6.07, 6.45) is 1.28. The fourth-order valence-corrected chi connectivity index (χ4v) is 2.84. The van der Waals surface area contributed by atoms with E-state index in [2.05, 4.69) is 38.1 Å². The summed E-state index contributed by atoms with van der Waals surface area (Å²) >= 11 is 0. The molecule has 1 atom stereocenters. The zero-order chi connectivity index (χ0) is 17.2. The minimum Gasteiger partial charge on any atom is -0.391 e. The maximum absolute atomic E-state index is 12.6. The van der Waals surface area contributed by atoms with E-state index in [9.17, 15) is 4.79 Å². The van der Waals surface area contributed by atoms with Gasteiger partial charge in [-0.15, -0.1) is 0 Å². The number of oxime groups is 1. The van der Waals surface area contributed by atoms with E-state index in [1.807, 2.05) is 42.5 Å². The second kappa shape index (κ2) is 6.60. The van der Waals surface area contributed by atoms with E-state index in [1.54, 1.807) is 0 Å². The number of carbonyl (C=O) groups is 1. The molecule has 2 aromatic carbocycles. The lowest BCUT2D eigenvalue weighted by atomic mass is 9.86. The van der Waals surface area contributed by atoms with Crippen LogP contribution >= 0.6 is 0 Å². The van der Waals surface area contributed by atoms with Gasteiger partial charge in [0.1, 0.15) is 11.8 Å². The molecule has 0 radical (unpaired) electrons. The molecule has 0 saturated carbocycles. The van der Waals surface area contributed by atoms with Gasteiger partial charge in [0, 0.05) is 18.4 Å². The quantitative estimate of drug-likeness (QED) is 0.775. The van der Waals surface area contributed by atoms with Crippen molar-refractivity contribution in [3.63, 3.8) is 0 Å². The number of carbonyl (C=O) groups excluding carboxylic acids is 1. The number of hydrogen-bond donors (Lipinski definition) is 0. The Morgan fingerprint density at radius 1 is 1.08 bits per heavy atom. The molecule has 3 nitrogen and oxygen atoms in total. The topological polar surface area (TPSA) is 38.7 Å². The van der Waals surface area contributed by atoms with Crippen LogP contribution in [0, 0.1) is 0 Å². The smallest absolute Gasteiger partial charge is 0.210 e. The van der Waals surface area contributed by atoms with Crippen LogP contribution in [0.3, 0.4) is 0 Å². The van der Waals surface area contributed by atoms with Crippen LogP contribution < -0.4 is 0 Å². The Labute approximate surface area is 143 Å². The highest BCUT2D eigenvalue weighted by Crippen LogP contribution is 2.23. The third-order valence-corrected chi connectivity index (χ3v) is 4.31. The van der Waals surface area contributed by atoms with Crippen molar-refractivity contribution in [3.05, 3.63) is 71.3 Å². The molecule has 24 heavy (non-hydrogen) atoms. The first-order valence-electron chi connectivity index (χ1n) is 8.35. The van der Waals surface area contributed by atoms with Gasteiger partial charge in [-0.2, -0.15) is 0 Å². The molecule has 3 rings (SSSR count). The van der Waals surface area contributed by atoms with E-state index in [4.69, 9.17) is 4.84 Å². The Balaban J connectivity index is 1.64. The lowest BCUT2D eigenvalue weighted by Crippen LogP contribution is -2.17. The first-order chi connectivity index (χ1) is 11.4. The number of ketones is 1. The normalized spacial score (nSPS) is 17.3. The average molecular weight is 321 g/mol. The van der Waals surface area contributed by atoms with Crippen LogP contribution in [-0.4, -0.2) is 17.6 Å². The highest BCUT2D eigenvalue weighted by atomic mass is 16.6. The van der Waals surface area contributed by atoms with Crippen LogP contribution in [0.5, 0.6) is 0 Å². The number of nitrogens with zero attached hydrogens (tertiary/aromatic N) is 1. The molecule has 124 valence electrons. The molecular weight excluding hydrogens is 298 g/mol. The Bertz CT molecular complexity index is 740. The van der Waals surface area contributed by atoms with Gasteiger partial charge in [-0.05, 0) is 16.5 Å². The van der Waals surface area contributed by atoms with Gasteiger partial charge in [0.25, 0.3) is 0 Å². The third kappa shape index (κ3) is 3.73. The fourth-order valence-electron chi connectivity index (χ4n) is 2.84. The Kier molecular flexibility index (Phi) is 4.52. The summed E-state index contributed by atoms with van der Waals surface area (Å²) in [5.74, 6) is -0.0361. The molecule has 0 saturated heterocycles. The zero-order valence-corrected chi connectivity index (χ0v) is 14.5. The van der Waals surface area contributed by atoms with Crippen LogP contribution in [0.1, 0.15) is 48.7 Å². The van der Waals surface area contributed by atoms with Crippen LogP contribution in [0.4, 0.5) is 0 Å². The highest BCUT2D eigenvalue weighted by Gasteiger charge is 2.27. The number of rotatable bonds is 4. The molecule has 1 unspecified atom stereocenters. The Morgan fingerprint density at radius 3 is 2.38 bits per heavy atom. The highest BCUT2D eigenvalue weighted by molar-refractivity contribution is 6.46. The van der Waals surface area contributed by atoms with Crippen LogP contribution in [0.25, 0.3) is 0 Å². The van der Waals surface area contributed by atoms with E-state index in [0.29, 0.717) is 17.7 Å². The molecule has 0 N–H and O–H groups in total. The maximum atomic E-state index is 12.6. The molecule has 0 fully saturated rings. The largest absolute Gasteiger partial charge is 0.391 e.